The first kappa shape index (κ1) is 13.8. The fourth-order valence-electron chi connectivity index (χ4n) is 2.82. The lowest BCUT2D eigenvalue weighted by Gasteiger charge is -2.23. The highest BCUT2D eigenvalue weighted by Crippen LogP contribution is 2.51. The molecule has 2 aromatic rings. The van der Waals surface area contributed by atoms with Crippen molar-refractivity contribution >= 4 is 15.9 Å². The number of benzene rings is 2. The van der Waals surface area contributed by atoms with E-state index >= 15 is 0 Å². The molecule has 1 N–H and O–H groups in total. The van der Waals surface area contributed by atoms with Crippen molar-refractivity contribution in [3.05, 3.63) is 69.9 Å². The molecule has 3 rings (SSSR count). The van der Waals surface area contributed by atoms with E-state index < -0.39 is 6.10 Å². The van der Waals surface area contributed by atoms with Gasteiger partial charge in [0.05, 0.1) is 6.10 Å². The van der Waals surface area contributed by atoms with Gasteiger partial charge < -0.3 is 5.11 Å². The quantitative estimate of drug-likeness (QED) is 0.887. The van der Waals surface area contributed by atoms with Crippen molar-refractivity contribution in [2.24, 2.45) is 0 Å². The summed E-state index contributed by atoms with van der Waals surface area (Å²) in [4.78, 5) is 0. The molecule has 104 valence electrons. The third kappa shape index (κ3) is 2.52. The van der Waals surface area contributed by atoms with E-state index in [-0.39, 0.29) is 11.2 Å². The van der Waals surface area contributed by atoms with Crippen molar-refractivity contribution in [2.45, 2.75) is 30.8 Å². The SMILES string of the molecule is OC(Cc1cc(Br)ccc1F)C1(c2ccccc2)CC1. The maximum atomic E-state index is 13.8. The fourth-order valence-corrected chi connectivity index (χ4v) is 3.23. The molecule has 20 heavy (non-hydrogen) atoms. The Hall–Kier alpha value is -1.19. The minimum Gasteiger partial charge on any atom is -0.392 e. The van der Waals surface area contributed by atoms with Crippen LogP contribution in [0, 0.1) is 5.82 Å². The van der Waals surface area contributed by atoms with Gasteiger partial charge in [0, 0.05) is 16.3 Å². The fraction of sp³-hybridized carbons (Fsp3) is 0.294. The molecule has 0 aliphatic heterocycles. The second-order valence-electron chi connectivity index (χ2n) is 5.48. The van der Waals surface area contributed by atoms with Crippen LogP contribution in [0.1, 0.15) is 24.0 Å². The molecule has 0 bridgehead atoms. The summed E-state index contributed by atoms with van der Waals surface area (Å²) in [5.41, 5.74) is 1.53. The molecule has 0 radical (unpaired) electrons. The van der Waals surface area contributed by atoms with E-state index in [0.717, 1.165) is 22.9 Å². The van der Waals surface area contributed by atoms with Gasteiger partial charge in [-0.2, -0.15) is 0 Å². The average Bonchev–Trinajstić information content (AvgIpc) is 3.25. The molecule has 1 aliphatic rings. The molecule has 0 spiro atoms. The zero-order valence-corrected chi connectivity index (χ0v) is 12.6. The van der Waals surface area contributed by atoms with Crippen LogP contribution in [0.4, 0.5) is 4.39 Å². The maximum absolute atomic E-state index is 13.8. The standard InChI is InChI=1S/C17H16BrFO/c18-14-6-7-15(19)12(10-14)11-16(20)17(8-9-17)13-4-2-1-3-5-13/h1-7,10,16,20H,8-9,11H2. The largest absolute Gasteiger partial charge is 0.392 e. The van der Waals surface area contributed by atoms with Crippen LogP contribution in [-0.2, 0) is 11.8 Å². The highest BCUT2D eigenvalue weighted by Gasteiger charge is 2.50. The predicted molar refractivity (Wildman–Crippen MR) is 81.2 cm³/mol. The van der Waals surface area contributed by atoms with Gasteiger partial charge in [0.1, 0.15) is 5.82 Å². The Morgan fingerprint density at radius 3 is 2.50 bits per heavy atom. The molecule has 1 aliphatic carbocycles. The van der Waals surface area contributed by atoms with Crippen LogP contribution in [-0.4, -0.2) is 11.2 Å². The minimum absolute atomic E-state index is 0.185. The van der Waals surface area contributed by atoms with Gasteiger partial charge in [0.2, 0.25) is 0 Å². The normalized spacial score (nSPS) is 17.8. The van der Waals surface area contributed by atoms with E-state index in [0.29, 0.717) is 12.0 Å². The topological polar surface area (TPSA) is 20.2 Å². The van der Waals surface area contributed by atoms with E-state index in [2.05, 4.69) is 15.9 Å². The number of aliphatic hydroxyl groups is 1. The predicted octanol–water partition coefficient (Wildman–Crippen LogP) is 4.22. The number of halogens is 2. The summed E-state index contributed by atoms with van der Waals surface area (Å²) in [5.74, 6) is -0.254. The van der Waals surface area contributed by atoms with E-state index in [1.807, 2.05) is 30.3 Å². The van der Waals surface area contributed by atoms with Gasteiger partial charge in [-0.05, 0) is 42.2 Å². The van der Waals surface area contributed by atoms with Gasteiger partial charge in [-0.25, -0.2) is 4.39 Å². The van der Waals surface area contributed by atoms with Crippen LogP contribution >= 0.6 is 15.9 Å². The highest BCUT2D eigenvalue weighted by atomic mass is 79.9. The number of hydrogen-bond donors (Lipinski definition) is 1. The zero-order chi connectivity index (χ0) is 14.2. The smallest absolute Gasteiger partial charge is 0.126 e. The molecule has 1 saturated carbocycles. The van der Waals surface area contributed by atoms with Crippen molar-refractivity contribution in [2.75, 3.05) is 0 Å². The Labute approximate surface area is 126 Å². The molecular formula is C17H16BrFO. The molecule has 1 atom stereocenters. The van der Waals surface area contributed by atoms with E-state index in [9.17, 15) is 9.50 Å². The molecule has 0 amide bonds. The lowest BCUT2D eigenvalue weighted by atomic mass is 9.86. The summed E-state index contributed by atoms with van der Waals surface area (Å²) in [7, 11) is 0. The van der Waals surface area contributed by atoms with E-state index in [1.165, 1.54) is 6.07 Å². The van der Waals surface area contributed by atoms with Crippen molar-refractivity contribution in [1.29, 1.82) is 0 Å². The first-order valence-electron chi connectivity index (χ1n) is 6.79. The first-order valence-corrected chi connectivity index (χ1v) is 7.59. The van der Waals surface area contributed by atoms with Crippen molar-refractivity contribution < 1.29 is 9.50 Å². The number of aliphatic hydroxyl groups excluding tert-OH is 1. The Kier molecular flexibility index (Phi) is 3.65. The van der Waals surface area contributed by atoms with E-state index in [1.54, 1.807) is 12.1 Å². The van der Waals surface area contributed by atoms with Crippen molar-refractivity contribution in [3.8, 4) is 0 Å². The van der Waals surface area contributed by atoms with Gasteiger partial charge in [0.15, 0.2) is 0 Å². The summed E-state index contributed by atoms with van der Waals surface area (Å²) >= 11 is 3.35. The summed E-state index contributed by atoms with van der Waals surface area (Å²) in [5, 5.41) is 10.6. The van der Waals surface area contributed by atoms with Gasteiger partial charge in [0.25, 0.3) is 0 Å². The van der Waals surface area contributed by atoms with Gasteiger partial charge in [-0.3, -0.25) is 0 Å². The third-order valence-electron chi connectivity index (χ3n) is 4.20. The van der Waals surface area contributed by atoms with Crippen molar-refractivity contribution in [1.82, 2.24) is 0 Å². The Morgan fingerprint density at radius 1 is 1.15 bits per heavy atom. The maximum Gasteiger partial charge on any atom is 0.126 e. The summed E-state index contributed by atoms with van der Waals surface area (Å²) in [6.07, 6.45) is 1.73. The number of rotatable bonds is 4. The molecule has 1 fully saturated rings. The Bertz CT molecular complexity index is 608. The van der Waals surface area contributed by atoms with Gasteiger partial charge in [-0.1, -0.05) is 46.3 Å². The molecule has 2 aromatic carbocycles. The second kappa shape index (κ2) is 5.30. The van der Waals surface area contributed by atoms with Gasteiger partial charge in [-0.15, -0.1) is 0 Å². The highest BCUT2D eigenvalue weighted by molar-refractivity contribution is 9.10. The molecule has 0 heterocycles. The lowest BCUT2D eigenvalue weighted by Crippen LogP contribution is -2.28. The summed E-state index contributed by atoms with van der Waals surface area (Å²) < 4.78 is 14.6. The zero-order valence-electron chi connectivity index (χ0n) is 11.0. The van der Waals surface area contributed by atoms with Crippen LogP contribution in [0.5, 0.6) is 0 Å². The first-order chi connectivity index (χ1) is 9.62. The molecular weight excluding hydrogens is 319 g/mol. The number of hydrogen-bond acceptors (Lipinski definition) is 1. The Morgan fingerprint density at radius 2 is 1.85 bits per heavy atom. The average molecular weight is 335 g/mol. The minimum atomic E-state index is -0.548. The monoisotopic (exact) mass is 334 g/mol. The van der Waals surface area contributed by atoms with Crippen LogP contribution in [0.2, 0.25) is 0 Å². The van der Waals surface area contributed by atoms with Gasteiger partial charge >= 0.3 is 0 Å². The third-order valence-corrected chi connectivity index (χ3v) is 4.69. The van der Waals surface area contributed by atoms with Crippen LogP contribution in [0.25, 0.3) is 0 Å². The van der Waals surface area contributed by atoms with Crippen LogP contribution in [0.15, 0.2) is 53.0 Å². The molecule has 3 heteroatoms. The Balaban J connectivity index is 1.83. The molecule has 0 aromatic heterocycles. The van der Waals surface area contributed by atoms with E-state index in [4.69, 9.17) is 0 Å². The summed E-state index contributed by atoms with van der Waals surface area (Å²) in [6, 6.07) is 14.9. The lowest BCUT2D eigenvalue weighted by molar-refractivity contribution is 0.130. The second-order valence-corrected chi connectivity index (χ2v) is 6.39. The molecule has 0 saturated heterocycles. The summed E-state index contributed by atoms with van der Waals surface area (Å²) in [6.45, 7) is 0. The molecule has 1 unspecified atom stereocenters. The molecule has 1 nitrogen and oxygen atoms in total. The van der Waals surface area contributed by atoms with Crippen LogP contribution in [0.3, 0.4) is 0 Å². The van der Waals surface area contributed by atoms with Crippen molar-refractivity contribution in [3.63, 3.8) is 0 Å². The van der Waals surface area contributed by atoms with Crippen LogP contribution < -0.4 is 0 Å².